The molecule has 0 spiro atoms. The Balaban J connectivity index is 2.11. The molecule has 0 radical (unpaired) electrons. The highest BCUT2D eigenvalue weighted by Crippen LogP contribution is 2.21. The number of H-pyrrole nitrogens is 1. The second kappa shape index (κ2) is 5.07. The summed E-state index contributed by atoms with van der Waals surface area (Å²) in [6, 6.07) is -0.622. The minimum Gasteiger partial charge on any atom is -0.322 e. The molecule has 2 heterocycles. The fourth-order valence-electron chi connectivity index (χ4n) is 2.11. The molecule has 1 aromatic rings. The van der Waals surface area contributed by atoms with Crippen LogP contribution in [0, 0.1) is 0 Å². The highest BCUT2D eigenvalue weighted by atomic mass is 32.2. The summed E-state index contributed by atoms with van der Waals surface area (Å²) in [4.78, 5) is 12.1. The van der Waals surface area contributed by atoms with Crippen molar-refractivity contribution in [3.63, 3.8) is 0 Å². The van der Waals surface area contributed by atoms with Crippen LogP contribution < -0.4 is 5.32 Å². The summed E-state index contributed by atoms with van der Waals surface area (Å²) in [5.41, 5.74) is 0.541. The molecule has 1 aliphatic heterocycles. The predicted octanol–water partition coefficient (Wildman–Crippen LogP) is 0.162. The Morgan fingerprint density at radius 2 is 2.33 bits per heavy atom. The number of aromatic nitrogens is 2. The summed E-state index contributed by atoms with van der Waals surface area (Å²) >= 11 is 0. The molecule has 0 bridgehead atoms. The molecule has 7 nitrogen and oxygen atoms in total. The quantitative estimate of drug-likeness (QED) is 0.819. The first-order valence-electron chi connectivity index (χ1n) is 5.75. The number of rotatable bonds is 3. The highest BCUT2D eigenvalue weighted by molar-refractivity contribution is 7.88. The van der Waals surface area contributed by atoms with E-state index in [1.54, 1.807) is 6.20 Å². The van der Waals surface area contributed by atoms with Crippen LogP contribution in [0.1, 0.15) is 19.3 Å². The Kier molecular flexibility index (Phi) is 3.67. The second-order valence-corrected chi connectivity index (χ2v) is 6.30. The fraction of sp³-hybridized carbons (Fsp3) is 0.600. The Labute approximate surface area is 106 Å². The van der Waals surface area contributed by atoms with E-state index in [1.807, 2.05) is 0 Å². The zero-order chi connectivity index (χ0) is 13.2. The average molecular weight is 272 g/mol. The van der Waals surface area contributed by atoms with E-state index in [-0.39, 0.29) is 5.91 Å². The van der Waals surface area contributed by atoms with Crippen molar-refractivity contribution in [2.45, 2.75) is 25.3 Å². The van der Waals surface area contributed by atoms with Gasteiger partial charge in [0.1, 0.15) is 6.04 Å². The molecule has 0 saturated carbocycles. The number of sulfonamides is 1. The summed E-state index contributed by atoms with van der Waals surface area (Å²) in [5.74, 6) is -0.304. The van der Waals surface area contributed by atoms with Crippen LogP contribution in [-0.2, 0) is 14.8 Å². The number of nitrogens with one attached hydrogen (secondary N) is 2. The topological polar surface area (TPSA) is 95.2 Å². The van der Waals surface area contributed by atoms with Crippen molar-refractivity contribution in [3.8, 4) is 0 Å². The van der Waals surface area contributed by atoms with Gasteiger partial charge >= 0.3 is 0 Å². The molecule has 0 aliphatic carbocycles. The van der Waals surface area contributed by atoms with E-state index in [2.05, 4.69) is 15.5 Å². The number of anilines is 1. The van der Waals surface area contributed by atoms with E-state index < -0.39 is 16.1 Å². The van der Waals surface area contributed by atoms with E-state index in [4.69, 9.17) is 0 Å². The normalized spacial score (nSPS) is 21.7. The number of amides is 1. The Bertz CT molecular complexity index is 511. The van der Waals surface area contributed by atoms with Crippen molar-refractivity contribution in [2.75, 3.05) is 18.1 Å². The molecule has 1 amide bonds. The van der Waals surface area contributed by atoms with Gasteiger partial charge in [0, 0.05) is 12.7 Å². The number of aromatic amines is 1. The molecule has 1 aromatic heterocycles. The van der Waals surface area contributed by atoms with Gasteiger partial charge in [0.05, 0.1) is 18.1 Å². The molecule has 1 saturated heterocycles. The third kappa shape index (κ3) is 2.88. The van der Waals surface area contributed by atoms with E-state index in [9.17, 15) is 13.2 Å². The first-order valence-corrected chi connectivity index (χ1v) is 7.60. The van der Waals surface area contributed by atoms with Gasteiger partial charge in [-0.05, 0) is 12.8 Å². The summed E-state index contributed by atoms with van der Waals surface area (Å²) in [6.07, 6.45) is 6.36. The van der Waals surface area contributed by atoms with Gasteiger partial charge in [0.25, 0.3) is 0 Å². The maximum atomic E-state index is 12.1. The maximum absolute atomic E-state index is 12.1. The van der Waals surface area contributed by atoms with Crippen molar-refractivity contribution < 1.29 is 13.2 Å². The van der Waals surface area contributed by atoms with E-state index in [1.165, 1.54) is 10.5 Å². The summed E-state index contributed by atoms with van der Waals surface area (Å²) in [6.45, 7) is 0.405. The zero-order valence-electron chi connectivity index (χ0n) is 10.1. The van der Waals surface area contributed by atoms with Gasteiger partial charge in [-0.25, -0.2) is 8.42 Å². The van der Waals surface area contributed by atoms with Crippen LogP contribution in [0.15, 0.2) is 12.4 Å². The van der Waals surface area contributed by atoms with Crippen molar-refractivity contribution in [1.82, 2.24) is 14.5 Å². The molecule has 2 N–H and O–H groups in total. The van der Waals surface area contributed by atoms with Crippen molar-refractivity contribution in [1.29, 1.82) is 0 Å². The molecule has 18 heavy (non-hydrogen) atoms. The number of piperidine rings is 1. The number of carbonyl (C=O) groups is 1. The van der Waals surface area contributed by atoms with Gasteiger partial charge in [0.2, 0.25) is 15.9 Å². The molecule has 8 heteroatoms. The Morgan fingerprint density at radius 1 is 1.56 bits per heavy atom. The average Bonchev–Trinajstić information content (AvgIpc) is 2.80. The van der Waals surface area contributed by atoms with Crippen LogP contribution in [0.5, 0.6) is 0 Å². The monoisotopic (exact) mass is 272 g/mol. The summed E-state index contributed by atoms with van der Waals surface area (Å²) in [5, 5.41) is 8.95. The van der Waals surface area contributed by atoms with Crippen molar-refractivity contribution in [2.24, 2.45) is 0 Å². The first kappa shape index (κ1) is 13.0. The number of hydrogen-bond acceptors (Lipinski definition) is 4. The highest BCUT2D eigenvalue weighted by Gasteiger charge is 2.34. The van der Waals surface area contributed by atoms with Gasteiger partial charge in [-0.3, -0.25) is 9.89 Å². The molecule has 1 atom stereocenters. The lowest BCUT2D eigenvalue weighted by atomic mass is 10.0. The molecule has 1 unspecified atom stereocenters. The molecular formula is C10H16N4O3S. The van der Waals surface area contributed by atoms with Crippen molar-refractivity contribution >= 4 is 21.6 Å². The molecule has 100 valence electrons. The summed E-state index contributed by atoms with van der Waals surface area (Å²) < 4.78 is 24.5. The van der Waals surface area contributed by atoms with Crippen LogP contribution in [0.3, 0.4) is 0 Å². The maximum Gasteiger partial charge on any atom is 0.242 e. The fourth-order valence-corrected chi connectivity index (χ4v) is 3.23. The van der Waals surface area contributed by atoms with Crippen LogP contribution in [0.2, 0.25) is 0 Å². The van der Waals surface area contributed by atoms with Crippen molar-refractivity contribution in [3.05, 3.63) is 12.4 Å². The molecule has 1 fully saturated rings. The van der Waals surface area contributed by atoms with Gasteiger partial charge in [-0.2, -0.15) is 9.40 Å². The largest absolute Gasteiger partial charge is 0.322 e. The lowest BCUT2D eigenvalue weighted by Crippen LogP contribution is -2.49. The molecule has 0 aromatic carbocycles. The van der Waals surface area contributed by atoms with Crippen LogP contribution >= 0.6 is 0 Å². The van der Waals surface area contributed by atoms with Gasteiger partial charge in [-0.1, -0.05) is 6.42 Å². The lowest BCUT2D eigenvalue weighted by Gasteiger charge is -2.32. The SMILES string of the molecule is CS(=O)(=O)N1CCCCC1C(=O)Nc1cn[nH]c1. The van der Waals surface area contributed by atoms with E-state index in [0.717, 1.165) is 19.1 Å². The van der Waals surface area contributed by atoms with Gasteiger partial charge in [-0.15, -0.1) is 0 Å². The standard InChI is InChI=1S/C10H16N4O3S/c1-18(16,17)14-5-3-2-4-9(14)10(15)13-8-6-11-12-7-8/h6-7,9H,2-5H2,1H3,(H,11,12)(H,13,15). The predicted molar refractivity (Wildman–Crippen MR) is 66.4 cm³/mol. The smallest absolute Gasteiger partial charge is 0.242 e. The number of nitrogens with zero attached hydrogens (tertiary/aromatic N) is 2. The van der Waals surface area contributed by atoms with Crippen LogP contribution in [0.25, 0.3) is 0 Å². The number of carbonyl (C=O) groups excluding carboxylic acids is 1. The van der Waals surface area contributed by atoms with Crippen LogP contribution in [-0.4, -0.2) is 47.7 Å². The zero-order valence-corrected chi connectivity index (χ0v) is 10.9. The third-order valence-corrected chi connectivity index (χ3v) is 4.24. The summed E-state index contributed by atoms with van der Waals surface area (Å²) in [7, 11) is -3.35. The van der Waals surface area contributed by atoms with Crippen LogP contribution in [0.4, 0.5) is 5.69 Å². The minimum atomic E-state index is -3.35. The molecule has 2 rings (SSSR count). The van der Waals surface area contributed by atoms with Gasteiger partial charge in [0.15, 0.2) is 0 Å². The molecular weight excluding hydrogens is 256 g/mol. The third-order valence-electron chi connectivity index (χ3n) is 2.95. The minimum absolute atomic E-state index is 0.304. The lowest BCUT2D eigenvalue weighted by molar-refractivity contribution is -0.120. The second-order valence-electron chi connectivity index (χ2n) is 4.36. The first-order chi connectivity index (χ1) is 8.48. The number of hydrogen-bond donors (Lipinski definition) is 2. The van der Waals surface area contributed by atoms with E-state index >= 15 is 0 Å². The Morgan fingerprint density at radius 3 is 2.94 bits per heavy atom. The van der Waals surface area contributed by atoms with E-state index in [0.29, 0.717) is 18.7 Å². The Hall–Kier alpha value is -1.41. The van der Waals surface area contributed by atoms with Gasteiger partial charge < -0.3 is 5.32 Å². The molecule has 1 aliphatic rings.